The van der Waals surface area contributed by atoms with Gasteiger partial charge < -0.3 is 19.4 Å². The Morgan fingerprint density at radius 1 is 0.586 bits per heavy atom. The number of hydrogen-bond acceptors (Lipinski definition) is 4. The summed E-state index contributed by atoms with van der Waals surface area (Å²) in [6.45, 7) is 0. The molecule has 0 amide bonds. The molecule has 5 heteroatoms. The van der Waals surface area contributed by atoms with Gasteiger partial charge in [0.1, 0.15) is 11.2 Å². The van der Waals surface area contributed by atoms with E-state index < -0.39 is 7.12 Å². The van der Waals surface area contributed by atoms with Crippen LogP contribution in [-0.2, 0) is 0 Å². The highest BCUT2D eigenvalue weighted by Crippen LogP contribution is 2.37. The minimum absolute atomic E-state index is 0.453. The van der Waals surface area contributed by atoms with Crippen molar-refractivity contribution < 1.29 is 14.5 Å². The fourth-order valence-electron chi connectivity index (χ4n) is 3.67. The molecule has 0 aliphatic carbocycles. The van der Waals surface area contributed by atoms with Gasteiger partial charge >= 0.3 is 7.12 Å². The Balaban J connectivity index is 1.67. The lowest BCUT2D eigenvalue weighted by Crippen LogP contribution is -2.29. The van der Waals surface area contributed by atoms with Crippen molar-refractivity contribution in [3.8, 4) is 0 Å². The molecular weight excluding hydrogens is 361 g/mol. The predicted molar refractivity (Wildman–Crippen MR) is 118 cm³/mol. The summed E-state index contributed by atoms with van der Waals surface area (Å²) in [4.78, 5) is 2.11. The van der Waals surface area contributed by atoms with Crippen LogP contribution >= 0.6 is 0 Å². The summed E-state index contributed by atoms with van der Waals surface area (Å²) in [5.41, 5.74) is 5.02. The lowest BCUT2D eigenvalue weighted by atomic mass is 9.80. The van der Waals surface area contributed by atoms with E-state index in [-0.39, 0.29) is 0 Å². The number of rotatable bonds is 4. The molecule has 29 heavy (non-hydrogen) atoms. The van der Waals surface area contributed by atoms with Crippen LogP contribution in [0.1, 0.15) is 0 Å². The van der Waals surface area contributed by atoms with Crippen molar-refractivity contribution in [2.24, 2.45) is 0 Å². The molecule has 1 heterocycles. The van der Waals surface area contributed by atoms with E-state index in [0.717, 1.165) is 39.0 Å². The summed E-state index contributed by atoms with van der Waals surface area (Å²) in [6.07, 6.45) is 0. The first kappa shape index (κ1) is 17.6. The van der Waals surface area contributed by atoms with Crippen LogP contribution in [0, 0.1) is 0 Å². The van der Waals surface area contributed by atoms with Crippen LogP contribution in [0.25, 0.3) is 21.9 Å². The average molecular weight is 379 g/mol. The summed E-state index contributed by atoms with van der Waals surface area (Å²) < 4.78 is 6.07. The number of para-hydroxylation sites is 2. The van der Waals surface area contributed by atoms with Gasteiger partial charge in [-0.15, -0.1) is 0 Å². The van der Waals surface area contributed by atoms with Gasteiger partial charge in [-0.25, -0.2) is 0 Å². The molecule has 0 radical (unpaired) electrons. The number of nitrogens with zero attached hydrogens (tertiary/aromatic N) is 1. The fourth-order valence-corrected chi connectivity index (χ4v) is 3.67. The third-order valence-electron chi connectivity index (χ3n) is 5.08. The van der Waals surface area contributed by atoms with Crippen LogP contribution in [0.3, 0.4) is 0 Å². The summed E-state index contributed by atoms with van der Waals surface area (Å²) in [6, 6.07) is 31.5. The van der Waals surface area contributed by atoms with Crippen molar-refractivity contribution in [1.29, 1.82) is 0 Å². The maximum Gasteiger partial charge on any atom is 0.488 e. The minimum Gasteiger partial charge on any atom is -0.456 e. The number of anilines is 3. The molecule has 140 valence electrons. The zero-order chi connectivity index (χ0) is 19.8. The molecule has 5 rings (SSSR count). The minimum atomic E-state index is -1.49. The van der Waals surface area contributed by atoms with Crippen LogP contribution in [0.5, 0.6) is 0 Å². The zero-order valence-electron chi connectivity index (χ0n) is 15.6. The maximum atomic E-state index is 9.40. The van der Waals surface area contributed by atoms with E-state index in [2.05, 4.69) is 23.1 Å². The molecule has 0 spiro atoms. The van der Waals surface area contributed by atoms with E-state index in [1.54, 1.807) is 12.1 Å². The smallest absolute Gasteiger partial charge is 0.456 e. The van der Waals surface area contributed by atoms with Crippen LogP contribution < -0.4 is 10.4 Å². The highest BCUT2D eigenvalue weighted by Gasteiger charge is 2.16. The largest absolute Gasteiger partial charge is 0.488 e. The van der Waals surface area contributed by atoms with Gasteiger partial charge in [-0.2, -0.15) is 0 Å². The van der Waals surface area contributed by atoms with Gasteiger partial charge in [0.25, 0.3) is 0 Å². The second kappa shape index (κ2) is 7.13. The lowest BCUT2D eigenvalue weighted by Gasteiger charge is -2.25. The zero-order valence-corrected chi connectivity index (χ0v) is 15.6. The van der Waals surface area contributed by atoms with Gasteiger partial charge in [-0.3, -0.25) is 0 Å². The monoisotopic (exact) mass is 379 g/mol. The molecule has 5 aromatic rings. The Morgan fingerprint density at radius 2 is 1.21 bits per heavy atom. The van der Waals surface area contributed by atoms with E-state index in [1.165, 1.54) is 0 Å². The lowest BCUT2D eigenvalue weighted by molar-refractivity contribution is 0.426. The molecule has 4 aromatic carbocycles. The Bertz CT molecular complexity index is 1280. The normalized spacial score (nSPS) is 11.1. The molecule has 0 atom stereocenters. The van der Waals surface area contributed by atoms with Crippen molar-refractivity contribution in [2.75, 3.05) is 4.90 Å². The molecule has 1 aromatic heterocycles. The van der Waals surface area contributed by atoms with Crippen molar-refractivity contribution in [3.05, 3.63) is 97.1 Å². The summed E-state index contributed by atoms with van der Waals surface area (Å²) in [5, 5.41) is 21.0. The summed E-state index contributed by atoms with van der Waals surface area (Å²) in [7, 11) is -1.49. The van der Waals surface area contributed by atoms with Crippen molar-refractivity contribution in [1.82, 2.24) is 0 Å². The predicted octanol–water partition coefficient (Wildman–Crippen LogP) is 4.74. The summed E-state index contributed by atoms with van der Waals surface area (Å²) >= 11 is 0. The quantitative estimate of drug-likeness (QED) is 0.443. The standard InChI is InChI=1S/C24H18BNO3/c27-25(28)17-10-12-19(13-11-17)26(18-6-2-1-3-7-18)20-14-15-22-21-8-4-5-9-23(21)29-24(22)16-20/h1-16,27-28H. The van der Waals surface area contributed by atoms with Crippen molar-refractivity contribution in [3.63, 3.8) is 0 Å². The second-order valence-electron chi connectivity index (χ2n) is 6.91. The second-order valence-corrected chi connectivity index (χ2v) is 6.91. The van der Waals surface area contributed by atoms with Gasteiger partial charge in [0.2, 0.25) is 0 Å². The molecule has 2 N–H and O–H groups in total. The Kier molecular flexibility index (Phi) is 4.32. The highest BCUT2D eigenvalue weighted by molar-refractivity contribution is 6.58. The Labute approximate surface area is 168 Å². The maximum absolute atomic E-state index is 9.40. The van der Waals surface area contributed by atoms with Crippen molar-refractivity contribution in [2.45, 2.75) is 0 Å². The molecule has 0 saturated carbocycles. The van der Waals surface area contributed by atoms with E-state index in [1.807, 2.05) is 66.7 Å². The van der Waals surface area contributed by atoms with Crippen LogP contribution in [0.2, 0.25) is 0 Å². The van der Waals surface area contributed by atoms with Gasteiger partial charge in [0.05, 0.1) is 0 Å². The summed E-state index contributed by atoms with van der Waals surface area (Å²) in [5.74, 6) is 0. The third kappa shape index (κ3) is 3.16. The number of hydrogen-bond donors (Lipinski definition) is 2. The van der Waals surface area contributed by atoms with Crippen LogP contribution in [0.15, 0.2) is 101 Å². The van der Waals surface area contributed by atoms with Crippen LogP contribution in [-0.4, -0.2) is 17.2 Å². The van der Waals surface area contributed by atoms with Crippen LogP contribution in [0.4, 0.5) is 17.1 Å². The molecule has 0 bridgehead atoms. The molecule has 0 aliphatic heterocycles. The van der Waals surface area contributed by atoms with Gasteiger partial charge in [0.15, 0.2) is 0 Å². The van der Waals surface area contributed by atoms with Gasteiger partial charge in [-0.05, 0) is 47.9 Å². The van der Waals surface area contributed by atoms with E-state index in [0.29, 0.717) is 5.46 Å². The van der Waals surface area contributed by atoms with Gasteiger partial charge in [0, 0.05) is 33.9 Å². The number of fused-ring (bicyclic) bond motifs is 3. The van der Waals surface area contributed by atoms with E-state index in [9.17, 15) is 10.0 Å². The SMILES string of the molecule is OB(O)c1ccc(N(c2ccccc2)c2ccc3c(c2)oc2ccccc23)cc1. The molecule has 4 nitrogen and oxygen atoms in total. The molecular formula is C24H18BNO3. The third-order valence-corrected chi connectivity index (χ3v) is 5.08. The number of benzene rings is 4. The molecule has 0 saturated heterocycles. The topological polar surface area (TPSA) is 56.8 Å². The van der Waals surface area contributed by atoms with E-state index >= 15 is 0 Å². The average Bonchev–Trinajstić information content (AvgIpc) is 3.13. The first-order chi connectivity index (χ1) is 14.2. The molecule has 0 aliphatic rings. The first-order valence-electron chi connectivity index (χ1n) is 9.43. The van der Waals surface area contributed by atoms with E-state index in [4.69, 9.17) is 4.42 Å². The fraction of sp³-hybridized carbons (Fsp3) is 0. The van der Waals surface area contributed by atoms with Crippen molar-refractivity contribution >= 4 is 51.6 Å². The number of furan rings is 1. The first-order valence-corrected chi connectivity index (χ1v) is 9.43. The Morgan fingerprint density at radius 3 is 1.97 bits per heavy atom. The Hall–Kier alpha value is -3.54. The highest BCUT2D eigenvalue weighted by atomic mass is 16.4. The molecule has 0 unspecified atom stereocenters. The van der Waals surface area contributed by atoms with Gasteiger partial charge in [-0.1, -0.05) is 48.5 Å². The molecule has 0 fully saturated rings.